The Labute approximate surface area is 341 Å². The quantitative estimate of drug-likeness (QED) is 0.186. The van der Waals surface area contributed by atoms with Gasteiger partial charge in [-0.2, -0.15) is 0 Å². The third-order valence-corrected chi connectivity index (χ3v) is 18.5. The van der Waals surface area contributed by atoms with E-state index in [4.69, 9.17) is 4.74 Å². The molecular weight excluding hydrogens is 719 g/mol. The van der Waals surface area contributed by atoms with E-state index in [1.807, 2.05) is 13.8 Å². The summed E-state index contributed by atoms with van der Waals surface area (Å²) in [4.78, 5) is 67.3. The number of hydrogen-bond donors (Lipinski definition) is 4. The molecule has 0 bridgehead atoms. The Kier molecular flexibility index (Phi) is 10.3. The number of aliphatic carboxylic acids is 1. The van der Waals surface area contributed by atoms with Gasteiger partial charge in [-0.15, -0.1) is 0 Å². The van der Waals surface area contributed by atoms with Crippen molar-refractivity contribution in [2.24, 2.45) is 68.5 Å². The van der Waals surface area contributed by atoms with Crippen LogP contribution in [0.3, 0.4) is 0 Å². The van der Waals surface area contributed by atoms with Gasteiger partial charge in [-0.05, 0) is 147 Å². The lowest BCUT2D eigenvalue weighted by atomic mass is 9.33. The number of ketones is 1. The van der Waals surface area contributed by atoms with Crippen molar-refractivity contribution in [2.45, 2.75) is 170 Å². The van der Waals surface area contributed by atoms with Gasteiger partial charge in [0.1, 0.15) is 11.6 Å². The number of hydrogen-bond acceptors (Lipinski definition) is 7. The van der Waals surface area contributed by atoms with Crippen molar-refractivity contribution in [3.8, 4) is 0 Å². The molecule has 1 heterocycles. The van der Waals surface area contributed by atoms with Crippen molar-refractivity contribution in [3.63, 3.8) is 0 Å². The van der Waals surface area contributed by atoms with E-state index in [0.717, 1.165) is 69.9 Å². The first-order valence-electron chi connectivity index (χ1n) is 22.4. The zero-order chi connectivity index (χ0) is 41.9. The number of allylic oxidation sites excluding steroid dienone is 1. The molecule has 7 aliphatic rings. The Hall–Kier alpha value is -2.75. The number of piperidine rings is 1. The number of rotatable bonds is 8. The molecule has 0 aromatic heterocycles. The predicted molar refractivity (Wildman–Crippen MR) is 219 cm³/mol. The number of Topliss-reactive ketones (excluding diaryl/α,β-unsaturated/α-hetero) is 1. The van der Waals surface area contributed by atoms with Crippen molar-refractivity contribution in [1.29, 1.82) is 0 Å². The average Bonchev–Trinajstić information content (AvgIpc) is 3.41. The molecule has 10 heteroatoms. The minimum atomic E-state index is -1.13. The molecule has 11 atom stereocenters. The molecule has 10 nitrogen and oxygen atoms in total. The summed E-state index contributed by atoms with van der Waals surface area (Å²) >= 11 is 0. The van der Waals surface area contributed by atoms with E-state index in [0.29, 0.717) is 31.2 Å². The zero-order valence-electron chi connectivity index (χ0n) is 36.9. The van der Waals surface area contributed by atoms with Crippen molar-refractivity contribution in [3.05, 3.63) is 11.1 Å². The topological polar surface area (TPSA) is 151 Å². The van der Waals surface area contributed by atoms with Crippen LogP contribution in [0.15, 0.2) is 11.1 Å². The van der Waals surface area contributed by atoms with E-state index in [-0.39, 0.29) is 75.5 Å². The zero-order valence-corrected chi connectivity index (χ0v) is 36.9. The van der Waals surface area contributed by atoms with Crippen LogP contribution in [0.1, 0.15) is 153 Å². The molecule has 57 heavy (non-hydrogen) atoms. The van der Waals surface area contributed by atoms with E-state index in [1.54, 1.807) is 13.8 Å². The molecule has 0 aromatic carbocycles. The van der Waals surface area contributed by atoms with Gasteiger partial charge in [0, 0.05) is 18.4 Å². The summed E-state index contributed by atoms with van der Waals surface area (Å²) in [5, 5.41) is 19.5. The Bertz CT molecular complexity index is 1740. The van der Waals surface area contributed by atoms with Gasteiger partial charge >= 0.3 is 11.9 Å². The Morgan fingerprint density at radius 2 is 1.54 bits per heavy atom. The summed E-state index contributed by atoms with van der Waals surface area (Å²) in [5.74, 6) is -1.32. The maximum absolute atomic E-state index is 14.4. The molecule has 5 saturated carbocycles. The first-order chi connectivity index (χ1) is 26.4. The number of fused-ring (bicyclic) bond motifs is 7. The summed E-state index contributed by atoms with van der Waals surface area (Å²) in [6, 6.07) is 0. The second kappa shape index (κ2) is 13.9. The molecule has 0 spiro atoms. The fourth-order valence-corrected chi connectivity index (χ4v) is 14.8. The summed E-state index contributed by atoms with van der Waals surface area (Å²) in [5.41, 5.74) is -0.701. The van der Waals surface area contributed by atoms with E-state index in [2.05, 4.69) is 64.4 Å². The molecule has 6 fully saturated rings. The number of ether oxygens (including phenoxy) is 1. The molecular formula is C47H73N3O7. The summed E-state index contributed by atoms with van der Waals surface area (Å²) in [6.07, 6.45) is 9.63. The third kappa shape index (κ3) is 6.28. The number of carbonyl (C=O) groups excluding carboxylic acids is 4. The lowest BCUT2D eigenvalue weighted by Crippen LogP contribution is -2.68. The van der Waals surface area contributed by atoms with Gasteiger partial charge in [0.05, 0.1) is 23.3 Å². The van der Waals surface area contributed by atoms with E-state index in [1.165, 1.54) is 5.57 Å². The van der Waals surface area contributed by atoms with Crippen molar-refractivity contribution < 1.29 is 33.8 Å². The molecule has 1 saturated heterocycles. The highest BCUT2D eigenvalue weighted by molar-refractivity contribution is 6.03. The molecule has 0 radical (unpaired) electrons. The largest absolute Gasteiger partial charge is 0.481 e. The van der Waals surface area contributed by atoms with Crippen molar-refractivity contribution in [1.82, 2.24) is 16.0 Å². The second-order valence-corrected chi connectivity index (χ2v) is 22.7. The number of carboxylic acids is 1. The highest BCUT2D eigenvalue weighted by Crippen LogP contribution is 2.76. The average molecular weight is 792 g/mol. The van der Waals surface area contributed by atoms with Crippen LogP contribution in [0.25, 0.3) is 0 Å². The number of nitrogens with one attached hydrogen (secondary N) is 3. The van der Waals surface area contributed by atoms with Gasteiger partial charge in [-0.3, -0.25) is 24.0 Å². The molecule has 318 valence electrons. The first-order valence-corrected chi connectivity index (χ1v) is 22.4. The Balaban J connectivity index is 1.13. The molecule has 7 rings (SSSR count). The van der Waals surface area contributed by atoms with E-state index >= 15 is 0 Å². The number of carbonyl (C=O) groups is 5. The van der Waals surface area contributed by atoms with Gasteiger partial charge in [-0.25, -0.2) is 0 Å². The molecule has 6 aliphatic carbocycles. The lowest BCUT2D eigenvalue weighted by molar-refractivity contribution is -0.235. The number of amides is 2. The van der Waals surface area contributed by atoms with Crippen LogP contribution in [0.5, 0.6) is 0 Å². The second-order valence-electron chi connectivity index (χ2n) is 22.7. The smallest absolute Gasteiger partial charge is 0.309 e. The highest BCUT2D eigenvalue weighted by Gasteiger charge is 2.71. The van der Waals surface area contributed by atoms with Crippen LogP contribution in [-0.4, -0.2) is 64.9 Å². The summed E-state index contributed by atoms with van der Waals surface area (Å²) in [7, 11) is 0. The summed E-state index contributed by atoms with van der Waals surface area (Å²) < 4.78 is 6.41. The van der Waals surface area contributed by atoms with Crippen LogP contribution in [0, 0.1) is 68.5 Å². The maximum atomic E-state index is 14.4. The molecule has 4 N–H and O–H groups in total. The Morgan fingerprint density at radius 3 is 2.16 bits per heavy atom. The number of esters is 1. The maximum Gasteiger partial charge on any atom is 0.309 e. The summed E-state index contributed by atoms with van der Waals surface area (Å²) in [6.45, 7) is 25.3. The molecule has 2 amide bonds. The van der Waals surface area contributed by atoms with Crippen molar-refractivity contribution in [2.75, 3.05) is 13.1 Å². The monoisotopic (exact) mass is 792 g/mol. The number of carboxylic acid groups (broad SMARTS) is 1. The molecule has 1 aliphatic heterocycles. The minimum absolute atomic E-state index is 0.000726. The third-order valence-electron chi connectivity index (χ3n) is 18.5. The van der Waals surface area contributed by atoms with Crippen LogP contribution >= 0.6 is 0 Å². The SMILES string of the molecule is CC(C)C1=C2[C@H]3CC[C@@H]4[C@@]5(C)CC[C@H](OC(=O)[C@H]6C[C@@H](C(=O)O)C6(C)C)C(C)(C)[C@@H]5CC[C@@]4(C)[C@]3(C)CC[C@@]2(NC(=O)C(C)(C)NC(=O)[C@H]2CCCNC2)CC1=O. The van der Waals surface area contributed by atoms with Crippen molar-refractivity contribution >= 4 is 29.5 Å². The molecule has 0 aromatic rings. The van der Waals surface area contributed by atoms with Crippen LogP contribution in [0.4, 0.5) is 0 Å². The predicted octanol–water partition coefficient (Wildman–Crippen LogP) is 7.39. The first kappa shape index (κ1) is 42.4. The van der Waals surface area contributed by atoms with Crippen LogP contribution in [-0.2, 0) is 28.7 Å². The fraction of sp³-hybridized carbons (Fsp3) is 0.851. The van der Waals surface area contributed by atoms with E-state index < -0.39 is 34.3 Å². The van der Waals surface area contributed by atoms with Gasteiger partial charge < -0.3 is 25.8 Å². The van der Waals surface area contributed by atoms with Gasteiger partial charge in [0.25, 0.3) is 0 Å². The van der Waals surface area contributed by atoms with Gasteiger partial charge in [-0.1, -0.05) is 62.3 Å². The minimum Gasteiger partial charge on any atom is -0.481 e. The molecule has 0 unspecified atom stereocenters. The van der Waals surface area contributed by atoms with Gasteiger partial charge in [0.15, 0.2) is 5.78 Å². The lowest BCUT2D eigenvalue weighted by Gasteiger charge is -2.72. The Morgan fingerprint density at radius 1 is 0.842 bits per heavy atom. The van der Waals surface area contributed by atoms with Gasteiger partial charge in [0.2, 0.25) is 11.8 Å². The van der Waals surface area contributed by atoms with E-state index in [9.17, 15) is 29.1 Å². The highest BCUT2D eigenvalue weighted by atomic mass is 16.5. The fourth-order valence-electron chi connectivity index (χ4n) is 14.8. The standard InChI is InChI=1S/C47H73N3O7/c1-26(2)35-31(51)24-47(50-40(56)43(7,8)49-37(52)27-13-12-22-48-25-27)21-20-45(10)28(36(35)47)14-15-33-44(9)18-17-34(42(5,6)32(44)16-19-46(33,45)11)57-39(55)30-23-29(38(53)54)41(30,3)4/h26-30,32-34,48H,12-25H2,1-11H3,(H,49,52)(H,50,56)(H,53,54)/t27-,28+,29-,30+,32-,33+,34-,44-,45+,46+,47+/m0/s1. The van der Waals surface area contributed by atoms with Crippen LogP contribution < -0.4 is 16.0 Å². The normalized spacial score (nSPS) is 42.1. The van der Waals surface area contributed by atoms with Crippen LogP contribution in [0.2, 0.25) is 0 Å².